The van der Waals surface area contributed by atoms with Crippen LogP contribution in [0.5, 0.6) is 5.75 Å². The van der Waals surface area contributed by atoms with Gasteiger partial charge in [0.2, 0.25) is 5.91 Å². The summed E-state index contributed by atoms with van der Waals surface area (Å²) >= 11 is 1.81. The van der Waals surface area contributed by atoms with Crippen molar-refractivity contribution in [2.75, 3.05) is 31.7 Å². The van der Waals surface area contributed by atoms with Crippen molar-refractivity contribution in [2.45, 2.75) is 31.3 Å². The molecule has 0 saturated carbocycles. The third-order valence-electron chi connectivity index (χ3n) is 5.84. The number of amides is 4. The van der Waals surface area contributed by atoms with Crippen LogP contribution in [0.3, 0.4) is 0 Å². The lowest BCUT2D eigenvalue weighted by molar-refractivity contribution is -0.132. The molecule has 1 atom stereocenters. The Labute approximate surface area is 168 Å². The highest BCUT2D eigenvalue weighted by molar-refractivity contribution is 7.99. The van der Waals surface area contributed by atoms with E-state index in [-0.39, 0.29) is 23.8 Å². The number of carbonyl (C=O) groups excluding carboxylic acids is 3. The minimum absolute atomic E-state index is 0.0269. The van der Waals surface area contributed by atoms with E-state index in [1.165, 1.54) is 4.90 Å². The van der Waals surface area contributed by atoms with Crippen molar-refractivity contribution in [1.29, 1.82) is 0 Å². The second-order valence-corrected chi connectivity index (χ2v) is 8.96. The Balaban J connectivity index is 1.39. The third-order valence-corrected chi connectivity index (χ3v) is 6.82. The standard InChI is InChI=1S/C20H25N3O4S/c1-27-16-4-2-3-14(9-16)11-22-12-15(10-17(22)24)13-23-18(25)20(21-19(23)26)5-7-28-8-6-20/h2-4,9,15H,5-8,10-13H2,1H3,(H,21,26). The van der Waals surface area contributed by atoms with Crippen molar-refractivity contribution in [2.24, 2.45) is 5.92 Å². The second kappa shape index (κ2) is 7.66. The number of benzene rings is 1. The molecule has 150 valence electrons. The summed E-state index contributed by atoms with van der Waals surface area (Å²) in [5.41, 5.74) is 0.285. The smallest absolute Gasteiger partial charge is 0.325 e. The first kappa shape index (κ1) is 19.1. The van der Waals surface area contributed by atoms with Crippen molar-refractivity contribution in [3.05, 3.63) is 29.8 Å². The van der Waals surface area contributed by atoms with Crippen molar-refractivity contribution in [1.82, 2.24) is 15.1 Å². The zero-order valence-corrected chi connectivity index (χ0v) is 16.8. The lowest BCUT2D eigenvalue weighted by atomic mass is 9.92. The first-order chi connectivity index (χ1) is 13.5. The van der Waals surface area contributed by atoms with Gasteiger partial charge in [-0.25, -0.2) is 4.79 Å². The molecule has 1 unspecified atom stereocenters. The molecule has 3 aliphatic rings. The molecule has 0 aliphatic carbocycles. The molecular formula is C20H25N3O4S. The normalized spacial score (nSPS) is 24.2. The Kier molecular flexibility index (Phi) is 5.23. The highest BCUT2D eigenvalue weighted by atomic mass is 32.2. The number of likely N-dealkylation sites (tertiary alicyclic amines) is 1. The van der Waals surface area contributed by atoms with Crippen molar-refractivity contribution >= 4 is 29.6 Å². The number of carbonyl (C=O) groups is 3. The summed E-state index contributed by atoms with van der Waals surface area (Å²) in [6.45, 7) is 1.36. The van der Waals surface area contributed by atoms with Crippen LogP contribution >= 0.6 is 11.8 Å². The maximum Gasteiger partial charge on any atom is 0.325 e. The number of hydrogen-bond donors (Lipinski definition) is 1. The number of thioether (sulfide) groups is 1. The average molecular weight is 404 g/mol. The Morgan fingerprint density at radius 3 is 2.79 bits per heavy atom. The molecule has 1 spiro atoms. The van der Waals surface area contributed by atoms with Crippen LogP contribution in [0.2, 0.25) is 0 Å². The molecule has 3 fully saturated rings. The first-order valence-electron chi connectivity index (χ1n) is 9.63. The van der Waals surface area contributed by atoms with Crippen LogP contribution in [0.15, 0.2) is 24.3 Å². The van der Waals surface area contributed by atoms with Gasteiger partial charge in [0, 0.05) is 32.0 Å². The molecule has 0 bridgehead atoms. The van der Waals surface area contributed by atoms with E-state index >= 15 is 0 Å². The summed E-state index contributed by atoms with van der Waals surface area (Å²) in [5, 5.41) is 2.93. The average Bonchev–Trinajstić information content (AvgIpc) is 3.15. The number of hydrogen-bond acceptors (Lipinski definition) is 5. The maximum absolute atomic E-state index is 12.9. The molecule has 4 amide bonds. The minimum atomic E-state index is -0.717. The number of ether oxygens (including phenoxy) is 1. The molecule has 1 aromatic rings. The molecule has 3 heterocycles. The maximum atomic E-state index is 12.9. The van der Waals surface area contributed by atoms with Gasteiger partial charge in [0.25, 0.3) is 5.91 Å². The van der Waals surface area contributed by atoms with Gasteiger partial charge in [-0.1, -0.05) is 12.1 Å². The molecule has 4 rings (SSSR count). The van der Waals surface area contributed by atoms with Crippen LogP contribution in [0.25, 0.3) is 0 Å². The predicted molar refractivity (Wildman–Crippen MR) is 106 cm³/mol. The highest BCUT2D eigenvalue weighted by Gasteiger charge is 2.52. The van der Waals surface area contributed by atoms with Gasteiger partial charge in [-0.3, -0.25) is 14.5 Å². The van der Waals surface area contributed by atoms with E-state index in [2.05, 4.69) is 5.32 Å². The Hall–Kier alpha value is -2.22. The lowest BCUT2D eigenvalue weighted by Crippen LogP contribution is -2.49. The van der Waals surface area contributed by atoms with E-state index in [4.69, 9.17) is 4.74 Å². The predicted octanol–water partition coefficient (Wildman–Crippen LogP) is 1.86. The number of urea groups is 1. The fourth-order valence-corrected chi connectivity index (χ4v) is 5.47. The van der Waals surface area contributed by atoms with Crippen LogP contribution in [0.1, 0.15) is 24.8 Å². The van der Waals surface area contributed by atoms with Crippen LogP contribution < -0.4 is 10.1 Å². The van der Waals surface area contributed by atoms with E-state index in [1.54, 1.807) is 12.0 Å². The topological polar surface area (TPSA) is 79.0 Å². The number of methoxy groups -OCH3 is 1. The molecule has 1 N–H and O–H groups in total. The van der Waals surface area contributed by atoms with E-state index in [9.17, 15) is 14.4 Å². The number of rotatable bonds is 5. The SMILES string of the molecule is COc1cccc(CN2CC(CN3C(=O)NC4(CCSCC4)C3=O)CC2=O)c1. The number of nitrogens with zero attached hydrogens (tertiary/aromatic N) is 2. The lowest BCUT2D eigenvalue weighted by Gasteiger charge is -2.30. The fourth-order valence-electron chi connectivity index (χ4n) is 4.28. The van der Waals surface area contributed by atoms with Gasteiger partial charge in [-0.15, -0.1) is 0 Å². The summed E-state index contributed by atoms with van der Waals surface area (Å²) in [5.74, 6) is 2.45. The molecule has 3 saturated heterocycles. The van der Waals surface area contributed by atoms with Crippen LogP contribution in [-0.4, -0.2) is 64.9 Å². The van der Waals surface area contributed by atoms with E-state index < -0.39 is 5.54 Å². The van der Waals surface area contributed by atoms with Gasteiger partial charge in [-0.05, 0) is 42.0 Å². The van der Waals surface area contributed by atoms with E-state index in [1.807, 2.05) is 36.0 Å². The fraction of sp³-hybridized carbons (Fsp3) is 0.550. The molecule has 1 aromatic carbocycles. The molecule has 0 radical (unpaired) electrons. The quantitative estimate of drug-likeness (QED) is 0.760. The summed E-state index contributed by atoms with van der Waals surface area (Å²) in [4.78, 5) is 41.0. The van der Waals surface area contributed by atoms with E-state index in [0.717, 1.165) is 22.8 Å². The molecule has 3 aliphatic heterocycles. The number of imide groups is 1. The van der Waals surface area contributed by atoms with Crippen molar-refractivity contribution < 1.29 is 19.1 Å². The third kappa shape index (κ3) is 3.57. The largest absolute Gasteiger partial charge is 0.497 e. The highest BCUT2D eigenvalue weighted by Crippen LogP contribution is 2.33. The summed E-state index contributed by atoms with van der Waals surface area (Å²) in [7, 11) is 1.62. The molecule has 7 nitrogen and oxygen atoms in total. The van der Waals surface area contributed by atoms with Gasteiger partial charge < -0.3 is 15.0 Å². The van der Waals surface area contributed by atoms with Crippen molar-refractivity contribution in [3.8, 4) is 5.75 Å². The van der Waals surface area contributed by atoms with Gasteiger partial charge in [0.15, 0.2) is 0 Å². The molecular weight excluding hydrogens is 378 g/mol. The summed E-state index contributed by atoms with van der Waals surface area (Å²) < 4.78 is 5.24. The zero-order chi connectivity index (χ0) is 19.7. The van der Waals surface area contributed by atoms with Gasteiger partial charge >= 0.3 is 6.03 Å². The molecule has 8 heteroatoms. The van der Waals surface area contributed by atoms with Gasteiger partial charge in [0.1, 0.15) is 11.3 Å². The monoisotopic (exact) mass is 403 g/mol. The number of nitrogens with one attached hydrogen (secondary N) is 1. The second-order valence-electron chi connectivity index (χ2n) is 7.74. The zero-order valence-electron chi connectivity index (χ0n) is 16.0. The van der Waals surface area contributed by atoms with Crippen LogP contribution in [0.4, 0.5) is 4.79 Å². The van der Waals surface area contributed by atoms with Crippen LogP contribution in [-0.2, 0) is 16.1 Å². The van der Waals surface area contributed by atoms with E-state index in [0.29, 0.717) is 38.9 Å². The minimum Gasteiger partial charge on any atom is -0.497 e. The Bertz CT molecular complexity index is 793. The Morgan fingerprint density at radius 1 is 1.25 bits per heavy atom. The summed E-state index contributed by atoms with van der Waals surface area (Å²) in [6, 6.07) is 7.35. The Morgan fingerprint density at radius 2 is 2.04 bits per heavy atom. The summed E-state index contributed by atoms with van der Waals surface area (Å²) in [6.07, 6.45) is 1.73. The van der Waals surface area contributed by atoms with Crippen molar-refractivity contribution in [3.63, 3.8) is 0 Å². The van der Waals surface area contributed by atoms with Gasteiger partial charge in [0.05, 0.1) is 7.11 Å². The molecule has 0 aromatic heterocycles. The molecule has 28 heavy (non-hydrogen) atoms. The van der Waals surface area contributed by atoms with Gasteiger partial charge in [-0.2, -0.15) is 11.8 Å². The van der Waals surface area contributed by atoms with Crippen LogP contribution in [0, 0.1) is 5.92 Å². The first-order valence-corrected chi connectivity index (χ1v) is 10.8.